The van der Waals surface area contributed by atoms with Crippen LogP contribution in [0.2, 0.25) is 0 Å². The van der Waals surface area contributed by atoms with Crippen LogP contribution < -0.4 is 10.0 Å². The molecular weight excluding hydrogens is 212 g/mol. The first kappa shape index (κ1) is 12.5. The fourth-order valence-corrected chi connectivity index (χ4v) is 3.24. The Morgan fingerprint density at radius 2 is 2.40 bits per heavy atom. The van der Waals surface area contributed by atoms with Gasteiger partial charge in [-0.3, -0.25) is 0 Å². The minimum Gasteiger partial charge on any atom is -0.313 e. The molecule has 0 radical (unpaired) electrons. The van der Waals surface area contributed by atoms with Gasteiger partial charge < -0.3 is 5.32 Å². The third kappa shape index (κ3) is 4.20. The van der Waals surface area contributed by atoms with Crippen molar-refractivity contribution < 1.29 is 8.42 Å². The fourth-order valence-electron chi connectivity index (χ4n) is 1.66. The molecular formula is C10H18N2O2S. The van der Waals surface area contributed by atoms with Crippen LogP contribution in [0.5, 0.6) is 0 Å². The molecule has 0 aromatic rings. The highest BCUT2D eigenvalue weighted by molar-refractivity contribution is 7.89. The van der Waals surface area contributed by atoms with Crippen LogP contribution in [0.3, 0.4) is 0 Å². The first-order chi connectivity index (χ1) is 7.07. The van der Waals surface area contributed by atoms with Gasteiger partial charge in [0.2, 0.25) is 10.0 Å². The van der Waals surface area contributed by atoms with Crippen LogP contribution in [-0.2, 0) is 10.0 Å². The van der Waals surface area contributed by atoms with Gasteiger partial charge in [-0.25, -0.2) is 13.1 Å². The number of nitrogens with one attached hydrogen (secondary N) is 2. The van der Waals surface area contributed by atoms with E-state index in [2.05, 4.69) is 16.0 Å². The average Bonchev–Trinajstić information content (AvgIpc) is 2.66. The molecule has 0 saturated carbocycles. The van der Waals surface area contributed by atoms with Gasteiger partial charge in [0.15, 0.2) is 0 Å². The molecule has 2 N–H and O–H groups in total. The van der Waals surface area contributed by atoms with Crippen LogP contribution in [0.15, 0.2) is 0 Å². The lowest BCUT2D eigenvalue weighted by molar-refractivity contribution is 0.554. The SMILES string of the molecule is C#CC(CC)NS(=O)(=O)CC1CCCN1. The van der Waals surface area contributed by atoms with Crippen molar-refractivity contribution in [3.63, 3.8) is 0 Å². The predicted octanol–water partition coefficient (Wildman–Crippen LogP) is 0.0696. The van der Waals surface area contributed by atoms with E-state index in [0.29, 0.717) is 6.42 Å². The lowest BCUT2D eigenvalue weighted by Crippen LogP contribution is -2.40. The van der Waals surface area contributed by atoms with Gasteiger partial charge in [0, 0.05) is 6.04 Å². The summed E-state index contributed by atoms with van der Waals surface area (Å²) in [5.41, 5.74) is 0. The third-order valence-corrected chi connectivity index (χ3v) is 4.00. The Labute approximate surface area is 91.9 Å². The maximum atomic E-state index is 11.7. The molecule has 0 amide bonds. The standard InChI is InChI=1S/C10H18N2O2S/c1-3-9(4-2)12-15(13,14)8-10-6-5-7-11-10/h1,9-12H,4-8H2,2H3. The molecule has 1 fully saturated rings. The Bertz CT molecular complexity index is 326. The largest absolute Gasteiger partial charge is 0.313 e. The molecule has 2 atom stereocenters. The van der Waals surface area contributed by atoms with Crippen molar-refractivity contribution in [2.75, 3.05) is 12.3 Å². The summed E-state index contributed by atoms with van der Waals surface area (Å²) in [5, 5.41) is 3.15. The van der Waals surface area contributed by atoms with Gasteiger partial charge in [0.05, 0.1) is 11.8 Å². The molecule has 1 aliphatic rings. The van der Waals surface area contributed by atoms with E-state index >= 15 is 0 Å². The molecule has 5 heteroatoms. The third-order valence-electron chi connectivity index (χ3n) is 2.51. The number of hydrogen-bond acceptors (Lipinski definition) is 3. The number of terminal acetylenes is 1. The maximum absolute atomic E-state index is 11.7. The highest BCUT2D eigenvalue weighted by Crippen LogP contribution is 2.07. The van der Waals surface area contributed by atoms with Crippen LogP contribution in [-0.4, -0.2) is 32.8 Å². The van der Waals surface area contributed by atoms with Gasteiger partial charge in [0.25, 0.3) is 0 Å². The van der Waals surface area contributed by atoms with Crippen molar-refractivity contribution in [2.24, 2.45) is 0 Å². The van der Waals surface area contributed by atoms with Gasteiger partial charge in [0.1, 0.15) is 0 Å². The molecule has 86 valence electrons. The minimum atomic E-state index is -3.24. The summed E-state index contributed by atoms with van der Waals surface area (Å²) < 4.78 is 25.9. The molecule has 0 aliphatic carbocycles. The summed E-state index contributed by atoms with van der Waals surface area (Å²) in [7, 11) is -3.24. The normalized spacial score (nSPS) is 23.6. The smallest absolute Gasteiger partial charge is 0.214 e. The molecule has 1 rings (SSSR count). The Balaban J connectivity index is 2.48. The number of sulfonamides is 1. The van der Waals surface area contributed by atoms with Gasteiger partial charge >= 0.3 is 0 Å². The molecule has 15 heavy (non-hydrogen) atoms. The van der Waals surface area contributed by atoms with Crippen molar-refractivity contribution >= 4 is 10.0 Å². The van der Waals surface area contributed by atoms with E-state index in [-0.39, 0.29) is 17.8 Å². The summed E-state index contributed by atoms with van der Waals surface area (Å²) in [5.74, 6) is 2.55. The zero-order chi connectivity index (χ0) is 11.3. The Hall–Kier alpha value is -0.570. The van der Waals surface area contributed by atoms with E-state index in [1.54, 1.807) is 0 Å². The van der Waals surface area contributed by atoms with E-state index in [4.69, 9.17) is 6.42 Å². The van der Waals surface area contributed by atoms with Crippen molar-refractivity contribution in [3.8, 4) is 12.3 Å². The van der Waals surface area contributed by atoms with Gasteiger partial charge in [-0.2, -0.15) is 0 Å². The van der Waals surface area contributed by atoms with E-state index in [1.807, 2.05) is 6.92 Å². The second-order valence-corrected chi connectivity index (χ2v) is 5.62. The molecule has 4 nitrogen and oxygen atoms in total. The lowest BCUT2D eigenvalue weighted by atomic mass is 10.3. The van der Waals surface area contributed by atoms with Crippen LogP contribution in [0, 0.1) is 12.3 Å². The number of hydrogen-bond donors (Lipinski definition) is 2. The number of rotatable bonds is 5. The monoisotopic (exact) mass is 230 g/mol. The van der Waals surface area contributed by atoms with Gasteiger partial charge in [-0.15, -0.1) is 6.42 Å². The van der Waals surface area contributed by atoms with Crippen molar-refractivity contribution in [1.29, 1.82) is 0 Å². The highest BCUT2D eigenvalue weighted by atomic mass is 32.2. The zero-order valence-electron chi connectivity index (χ0n) is 8.99. The molecule has 0 aromatic carbocycles. The molecule has 0 aromatic heterocycles. The minimum absolute atomic E-state index is 0.0813. The van der Waals surface area contributed by atoms with Crippen LogP contribution >= 0.6 is 0 Å². The molecule has 1 aliphatic heterocycles. The summed E-state index contributed by atoms with van der Waals surface area (Å²) in [4.78, 5) is 0. The molecule has 1 saturated heterocycles. The van der Waals surface area contributed by atoms with Gasteiger partial charge in [-0.1, -0.05) is 12.8 Å². The quantitative estimate of drug-likeness (QED) is 0.657. The molecule has 1 heterocycles. The summed E-state index contributed by atoms with van der Waals surface area (Å²) in [6.07, 6.45) is 7.80. The predicted molar refractivity (Wildman–Crippen MR) is 60.9 cm³/mol. The first-order valence-corrected chi connectivity index (χ1v) is 6.92. The van der Waals surface area contributed by atoms with Crippen LogP contribution in [0.4, 0.5) is 0 Å². The summed E-state index contributed by atoms with van der Waals surface area (Å²) in [6, 6.07) is -0.297. The highest BCUT2D eigenvalue weighted by Gasteiger charge is 2.23. The second-order valence-electron chi connectivity index (χ2n) is 3.82. The van der Waals surface area contributed by atoms with E-state index in [9.17, 15) is 8.42 Å². The van der Waals surface area contributed by atoms with Crippen LogP contribution in [0.25, 0.3) is 0 Å². The van der Waals surface area contributed by atoms with E-state index in [0.717, 1.165) is 19.4 Å². The van der Waals surface area contributed by atoms with Crippen LogP contribution in [0.1, 0.15) is 26.2 Å². The van der Waals surface area contributed by atoms with Crippen molar-refractivity contribution in [1.82, 2.24) is 10.0 Å². The molecule has 2 unspecified atom stereocenters. The van der Waals surface area contributed by atoms with E-state index < -0.39 is 10.0 Å². The average molecular weight is 230 g/mol. The summed E-state index contributed by atoms with van der Waals surface area (Å²) in [6.45, 7) is 2.77. The second kappa shape index (κ2) is 5.50. The molecule has 0 spiro atoms. The molecule has 0 bridgehead atoms. The Kier molecular flexibility index (Phi) is 4.58. The Morgan fingerprint density at radius 1 is 1.67 bits per heavy atom. The summed E-state index contributed by atoms with van der Waals surface area (Å²) >= 11 is 0. The van der Waals surface area contributed by atoms with Crippen molar-refractivity contribution in [2.45, 2.75) is 38.3 Å². The first-order valence-electron chi connectivity index (χ1n) is 5.27. The van der Waals surface area contributed by atoms with Gasteiger partial charge in [-0.05, 0) is 25.8 Å². The fraction of sp³-hybridized carbons (Fsp3) is 0.800. The van der Waals surface area contributed by atoms with E-state index in [1.165, 1.54) is 0 Å². The lowest BCUT2D eigenvalue weighted by Gasteiger charge is -2.14. The zero-order valence-corrected chi connectivity index (χ0v) is 9.81. The topological polar surface area (TPSA) is 58.2 Å². The maximum Gasteiger partial charge on any atom is 0.214 e. The van der Waals surface area contributed by atoms with Crippen molar-refractivity contribution in [3.05, 3.63) is 0 Å². The Morgan fingerprint density at radius 3 is 2.87 bits per heavy atom.